The van der Waals surface area contributed by atoms with Crippen molar-refractivity contribution >= 4 is 32.6 Å². The first-order chi connectivity index (χ1) is 7.54. The molecule has 92 valence electrons. The van der Waals surface area contributed by atoms with E-state index < -0.39 is 6.43 Å². The van der Waals surface area contributed by atoms with Gasteiger partial charge in [0.2, 0.25) is 5.13 Å². The number of aromatic nitrogens is 2. The molecule has 1 rings (SSSR count). The first kappa shape index (κ1) is 13.8. The molecule has 0 atom stereocenters. The van der Waals surface area contributed by atoms with Crippen LogP contribution in [0.4, 0.5) is 13.9 Å². The van der Waals surface area contributed by atoms with E-state index in [0.717, 1.165) is 0 Å². The molecule has 0 radical (unpaired) electrons. The molecule has 3 nitrogen and oxygen atoms in total. The van der Waals surface area contributed by atoms with Crippen LogP contribution in [-0.2, 0) is 0 Å². The van der Waals surface area contributed by atoms with Crippen molar-refractivity contribution in [2.75, 3.05) is 23.3 Å². The molecule has 7 heteroatoms. The number of nitrogens with zero attached hydrogens (tertiary/aromatic N) is 3. The largest absolute Gasteiger partial charge is 0.340 e. The Balaban J connectivity index is 2.75. The molecule has 0 fully saturated rings. The Bertz CT molecular complexity index is 319. The number of hydrogen-bond acceptors (Lipinski definition) is 4. The maximum Gasteiger partial charge on any atom is 0.255 e. The molecule has 16 heavy (non-hydrogen) atoms. The van der Waals surface area contributed by atoms with E-state index in [2.05, 4.69) is 25.3 Å². The van der Waals surface area contributed by atoms with Crippen molar-refractivity contribution in [3.05, 3.63) is 5.82 Å². The van der Waals surface area contributed by atoms with Gasteiger partial charge in [0.25, 0.3) is 6.43 Å². The van der Waals surface area contributed by atoms with Gasteiger partial charge in [0.1, 0.15) is 5.82 Å². The third kappa shape index (κ3) is 3.93. The van der Waals surface area contributed by atoms with Crippen LogP contribution in [0, 0.1) is 0 Å². The Morgan fingerprint density at radius 2 is 2.12 bits per heavy atom. The van der Waals surface area contributed by atoms with Gasteiger partial charge in [0, 0.05) is 29.3 Å². The van der Waals surface area contributed by atoms with Crippen molar-refractivity contribution in [3.63, 3.8) is 0 Å². The summed E-state index contributed by atoms with van der Waals surface area (Å²) in [5, 5.41) is 1.21. The number of hydrogen-bond donors (Lipinski definition) is 0. The van der Waals surface area contributed by atoms with Crippen LogP contribution in [0.1, 0.15) is 25.6 Å². The molecule has 0 N–H and O–H groups in total. The van der Waals surface area contributed by atoms with Gasteiger partial charge >= 0.3 is 0 Å². The average molecular weight is 314 g/mol. The molecule has 0 aliphatic carbocycles. The molecule has 1 aromatic rings. The van der Waals surface area contributed by atoms with E-state index in [1.807, 2.05) is 13.8 Å². The van der Waals surface area contributed by atoms with Crippen LogP contribution in [0.3, 0.4) is 0 Å². The van der Waals surface area contributed by atoms with Gasteiger partial charge in [-0.15, -0.1) is 0 Å². The maximum atomic E-state index is 12.4. The zero-order chi connectivity index (χ0) is 12.1. The molecule has 0 saturated heterocycles. The number of anilines is 1. The Hall–Kier alpha value is -0.300. The lowest BCUT2D eigenvalue weighted by Crippen LogP contribution is -2.30. The quantitative estimate of drug-likeness (QED) is 0.756. The van der Waals surface area contributed by atoms with Gasteiger partial charge in [0.05, 0.1) is 6.54 Å². The van der Waals surface area contributed by atoms with Gasteiger partial charge in [-0.1, -0.05) is 29.8 Å². The Labute approximate surface area is 106 Å². The zero-order valence-corrected chi connectivity index (χ0v) is 11.6. The van der Waals surface area contributed by atoms with Crippen LogP contribution < -0.4 is 4.90 Å². The van der Waals surface area contributed by atoms with Gasteiger partial charge < -0.3 is 4.90 Å². The third-order valence-corrected chi connectivity index (χ3v) is 3.08. The van der Waals surface area contributed by atoms with Crippen LogP contribution in [-0.4, -0.2) is 34.2 Å². The first-order valence-corrected chi connectivity index (χ1v) is 6.86. The second-order valence-electron chi connectivity index (χ2n) is 3.62. The van der Waals surface area contributed by atoms with Crippen LogP contribution >= 0.6 is 27.5 Å². The van der Waals surface area contributed by atoms with E-state index in [4.69, 9.17) is 0 Å². The molecule has 0 aromatic carbocycles. The first-order valence-electron chi connectivity index (χ1n) is 4.97. The van der Waals surface area contributed by atoms with E-state index >= 15 is 0 Å². The standard InChI is InChI=1S/C9H14BrF2N3S/c1-6(2)8-13-9(16-14-8)15(4-3-10)5-7(11)12/h6-7H,3-5H2,1-2H3. The van der Waals surface area contributed by atoms with Crippen LogP contribution in [0.15, 0.2) is 0 Å². The third-order valence-electron chi connectivity index (χ3n) is 1.93. The minimum absolute atomic E-state index is 0.224. The van der Waals surface area contributed by atoms with Crippen molar-refractivity contribution in [1.82, 2.24) is 9.36 Å². The highest BCUT2D eigenvalue weighted by Crippen LogP contribution is 2.22. The smallest absolute Gasteiger partial charge is 0.255 e. The highest BCUT2D eigenvalue weighted by Gasteiger charge is 2.17. The lowest BCUT2D eigenvalue weighted by molar-refractivity contribution is 0.155. The number of halogens is 3. The predicted octanol–water partition coefficient (Wildman–Crippen LogP) is 3.13. The Morgan fingerprint density at radius 3 is 2.56 bits per heavy atom. The molecule has 1 heterocycles. The summed E-state index contributed by atoms with van der Waals surface area (Å²) in [4.78, 5) is 5.82. The topological polar surface area (TPSA) is 29.0 Å². The summed E-state index contributed by atoms with van der Waals surface area (Å²) in [6.07, 6.45) is -2.36. The summed E-state index contributed by atoms with van der Waals surface area (Å²) in [5.74, 6) is 0.941. The molecule has 0 aliphatic rings. The van der Waals surface area contributed by atoms with Gasteiger partial charge in [0.15, 0.2) is 0 Å². The molecule has 0 spiro atoms. The second kappa shape index (κ2) is 6.44. The summed E-state index contributed by atoms with van der Waals surface area (Å²) in [5.41, 5.74) is 0. The molecular weight excluding hydrogens is 300 g/mol. The van der Waals surface area contributed by atoms with E-state index in [9.17, 15) is 8.78 Å². The SMILES string of the molecule is CC(C)c1nsc(N(CCBr)CC(F)F)n1. The van der Waals surface area contributed by atoms with E-state index in [0.29, 0.717) is 22.8 Å². The van der Waals surface area contributed by atoms with Gasteiger partial charge in [-0.3, -0.25) is 0 Å². The molecule has 0 aliphatic heterocycles. The van der Waals surface area contributed by atoms with Gasteiger partial charge in [-0.2, -0.15) is 4.37 Å². The van der Waals surface area contributed by atoms with Crippen LogP contribution in [0.2, 0.25) is 0 Å². The fraction of sp³-hybridized carbons (Fsp3) is 0.778. The van der Waals surface area contributed by atoms with Crippen molar-refractivity contribution in [2.45, 2.75) is 26.2 Å². The van der Waals surface area contributed by atoms with Crippen molar-refractivity contribution in [1.29, 1.82) is 0 Å². The highest BCUT2D eigenvalue weighted by molar-refractivity contribution is 9.09. The minimum Gasteiger partial charge on any atom is -0.340 e. The highest BCUT2D eigenvalue weighted by atomic mass is 79.9. The van der Waals surface area contributed by atoms with Crippen molar-refractivity contribution < 1.29 is 8.78 Å². The monoisotopic (exact) mass is 313 g/mol. The zero-order valence-electron chi connectivity index (χ0n) is 9.16. The molecule has 0 unspecified atom stereocenters. The maximum absolute atomic E-state index is 12.4. The van der Waals surface area contributed by atoms with E-state index in [-0.39, 0.29) is 12.5 Å². The van der Waals surface area contributed by atoms with E-state index in [1.54, 1.807) is 4.90 Å². The molecule has 0 saturated carbocycles. The van der Waals surface area contributed by atoms with E-state index in [1.165, 1.54) is 11.5 Å². The molecular formula is C9H14BrF2N3S. The van der Waals surface area contributed by atoms with Crippen LogP contribution in [0.25, 0.3) is 0 Å². The number of rotatable bonds is 6. The summed E-state index contributed by atoms with van der Waals surface area (Å²) in [6, 6.07) is 0. The fourth-order valence-corrected chi connectivity index (χ4v) is 2.39. The van der Waals surface area contributed by atoms with Gasteiger partial charge in [-0.25, -0.2) is 13.8 Å². The summed E-state index contributed by atoms with van der Waals surface area (Å²) >= 11 is 4.42. The van der Waals surface area contributed by atoms with Gasteiger partial charge in [-0.05, 0) is 0 Å². The van der Waals surface area contributed by atoms with Crippen molar-refractivity contribution in [3.8, 4) is 0 Å². The normalized spacial score (nSPS) is 11.4. The Morgan fingerprint density at radius 1 is 1.44 bits per heavy atom. The summed E-state index contributed by atoms with van der Waals surface area (Å²) in [6.45, 7) is 4.18. The lowest BCUT2D eigenvalue weighted by Gasteiger charge is -2.19. The Kier molecular flexibility index (Phi) is 5.54. The van der Waals surface area contributed by atoms with Crippen molar-refractivity contribution in [2.24, 2.45) is 0 Å². The summed E-state index contributed by atoms with van der Waals surface area (Å²) in [7, 11) is 0. The molecule has 0 amide bonds. The lowest BCUT2D eigenvalue weighted by atomic mass is 10.2. The minimum atomic E-state index is -2.36. The second-order valence-corrected chi connectivity index (χ2v) is 5.14. The van der Waals surface area contributed by atoms with Crippen LogP contribution in [0.5, 0.6) is 0 Å². The predicted molar refractivity (Wildman–Crippen MR) is 66.0 cm³/mol. The summed E-state index contributed by atoms with van der Waals surface area (Å²) < 4.78 is 28.9. The fourth-order valence-electron chi connectivity index (χ4n) is 1.12. The molecule has 0 bridgehead atoms. The number of alkyl halides is 3. The molecule has 1 aromatic heterocycles. The average Bonchev–Trinajstić information content (AvgIpc) is 2.65.